The Hall–Kier alpha value is -2.29. The van der Waals surface area contributed by atoms with E-state index in [2.05, 4.69) is 26.8 Å². The second-order valence-corrected chi connectivity index (χ2v) is 11.7. The standard InChI is InChI=1S/C23H22BrN3O4S2/c1-4-11-27-20-10-7-18(24)12-21(20)32-23(27)25-22(28)17-5-8-19(9-6-17)33(29,30)26-13-15(2)31-16(3)14-26/h1,5-10,12,15-16H,11,13-14H2,2-3H3. The number of ether oxygens (including phenoxy) is 1. The molecule has 1 aliphatic heterocycles. The van der Waals surface area contributed by atoms with Crippen LogP contribution in [-0.4, -0.2) is 48.5 Å². The maximum Gasteiger partial charge on any atom is 0.279 e. The molecule has 10 heteroatoms. The van der Waals surface area contributed by atoms with Crippen molar-refractivity contribution in [2.24, 2.45) is 4.99 Å². The van der Waals surface area contributed by atoms with Gasteiger partial charge in [-0.1, -0.05) is 33.2 Å². The Balaban J connectivity index is 1.64. The molecule has 0 N–H and O–H groups in total. The number of nitrogens with zero attached hydrogens (tertiary/aromatic N) is 3. The zero-order valence-electron chi connectivity index (χ0n) is 18.1. The lowest BCUT2D eigenvalue weighted by atomic mass is 10.2. The van der Waals surface area contributed by atoms with Crippen molar-refractivity contribution in [2.45, 2.75) is 37.5 Å². The summed E-state index contributed by atoms with van der Waals surface area (Å²) in [4.78, 5) is 17.7. The number of carbonyl (C=O) groups is 1. The molecule has 2 atom stereocenters. The summed E-state index contributed by atoms with van der Waals surface area (Å²) < 4.78 is 36.8. The van der Waals surface area contributed by atoms with Gasteiger partial charge in [-0.3, -0.25) is 4.79 Å². The van der Waals surface area contributed by atoms with Crippen LogP contribution >= 0.6 is 27.3 Å². The quantitative estimate of drug-likeness (QED) is 0.467. The van der Waals surface area contributed by atoms with Crippen molar-refractivity contribution in [3.63, 3.8) is 0 Å². The van der Waals surface area contributed by atoms with E-state index in [1.807, 2.05) is 36.6 Å². The van der Waals surface area contributed by atoms with Crippen LogP contribution in [0.25, 0.3) is 10.2 Å². The summed E-state index contributed by atoms with van der Waals surface area (Å²) in [5.41, 5.74) is 1.19. The molecule has 1 amide bonds. The third kappa shape index (κ3) is 4.98. The van der Waals surface area contributed by atoms with E-state index in [-0.39, 0.29) is 23.6 Å². The Morgan fingerprint density at radius 3 is 2.52 bits per heavy atom. The van der Waals surface area contributed by atoms with E-state index < -0.39 is 15.9 Å². The number of benzene rings is 2. The minimum Gasteiger partial charge on any atom is -0.373 e. The maximum atomic E-state index is 13.0. The largest absolute Gasteiger partial charge is 0.373 e. The number of sulfonamides is 1. The molecular weight excluding hydrogens is 526 g/mol. The minimum absolute atomic E-state index is 0.134. The molecule has 2 heterocycles. The predicted octanol–water partition coefficient (Wildman–Crippen LogP) is 3.64. The van der Waals surface area contributed by atoms with E-state index >= 15 is 0 Å². The number of aromatic nitrogens is 1. The number of hydrogen-bond donors (Lipinski definition) is 0. The van der Waals surface area contributed by atoms with Crippen LogP contribution in [0.4, 0.5) is 0 Å². The Labute approximate surface area is 204 Å². The van der Waals surface area contributed by atoms with Crippen LogP contribution in [0, 0.1) is 12.3 Å². The Morgan fingerprint density at radius 1 is 1.21 bits per heavy atom. The topological polar surface area (TPSA) is 81.0 Å². The van der Waals surface area contributed by atoms with Crippen LogP contribution in [0.5, 0.6) is 0 Å². The summed E-state index contributed by atoms with van der Waals surface area (Å²) in [5, 5.41) is 0. The summed E-state index contributed by atoms with van der Waals surface area (Å²) >= 11 is 4.81. The first kappa shape index (κ1) is 23.9. The molecule has 3 aromatic rings. The Kier molecular flexibility index (Phi) is 6.88. The number of hydrogen-bond acceptors (Lipinski definition) is 5. The first-order valence-corrected chi connectivity index (χ1v) is 13.3. The molecule has 0 radical (unpaired) electrons. The number of morpholine rings is 1. The van der Waals surface area contributed by atoms with Gasteiger partial charge in [-0.05, 0) is 56.3 Å². The van der Waals surface area contributed by atoms with Crippen LogP contribution in [0.3, 0.4) is 0 Å². The minimum atomic E-state index is -3.68. The fourth-order valence-electron chi connectivity index (χ4n) is 3.77. The number of thiazole rings is 1. The normalized spacial score (nSPS) is 20.1. The van der Waals surface area contributed by atoms with Gasteiger partial charge >= 0.3 is 0 Å². The molecule has 0 aliphatic carbocycles. The number of amides is 1. The van der Waals surface area contributed by atoms with Crippen molar-refractivity contribution in [2.75, 3.05) is 13.1 Å². The number of terminal acetylenes is 1. The van der Waals surface area contributed by atoms with Gasteiger partial charge in [0, 0.05) is 23.1 Å². The number of rotatable bonds is 4. The first-order chi connectivity index (χ1) is 15.7. The summed E-state index contributed by atoms with van der Waals surface area (Å²) in [7, 11) is -3.68. The third-order valence-electron chi connectivity index (χ3n) is 5.22. The van der Waals surface area contributed by atoms with E-state index in [0.717, 1.165) is 14.7 Å². The zero-order chi connectivity index (χ0) is 23.8. The fourth-order valence-corrected chi connectivity index (χ4v) is 6.94. The van der Waals surface area contributed by atoms with Crippen LogP contribution in [0.15, 0.2) is 56.8 Å². The highest BCUT2D eigenvalue weighted by Crippen LogP contribution is 2.23. The number of halogens is 1. The molecule has 7 nitrogen and oxygen atoms in total. The highest BCUT2D eigenvalue weighted by molar-refractivity contribution is 9.10. The predicted molar refractivity (Wildman–Crippen MR) is 131 cm³/mol. The molecule has 1 fully saturated rings. The molecule has 1 aliphatic rings. The molecule has 0 spiro atoms. The average Bonchev–Trinajstić information content (AvgIpc) is 3.09. The van der Waals surface area contributed by atoms with Crippen molar-refractivity contribution in [1.82, 2.24) is 8.87 Å². The van der Waals surface area contributed by atoms with Crippen molar-refractivity contribution < 1.29 is 17.9 Å². The van der Waals surface area contributed by atoms with Crippen molar-refractivity contribution in [3.8, 4) is 12.3 Å². The average molecular weight is 548 g/mol. The molecule has 172 valence electrons. The Bertz CT molecular complexity index is 1410. The maximum absolute atomic E-state index is 13.0. The summed E-state index contributed by atoms with van der Waals surface area (Å²) in [6.07, 6.45) is 5.16. The van der Waals surface area contributed by atoms with Gasteiger partial charge in [0.1, 0.15) is 0 Å². The monoisotopic (exact) mass is 547 g/mol. The fraction of sp³-hybridized carbons (Fsp3) is 0.304. The summed E-state index contributed by atoms with van der Waals surface area (Å²) in [6, 6.07) is 11.6. The van der Waals surface area contributed by atoms with E-state index in [1.165, 1.54) is 39.9 Å². The van der Waals surface area contributed by atoms with Crippen LogP contribution < -0.4 is 4.80 Å². The molecular formula is C23H22BrN3O4S2. The number of carbonyl (C=O) groups excluding carboxylic acids is 1. The highest BCUT2D eigenvalue weighted by atomic mass is 79.9. The van der Waals surface area contributed by atoms with Gasteiger partial charge in [0.15, 0.2) is 4.80 Å². The van der Waals surface area contributed by atoms with Crippen molar-refractivity contribution in [1.29, 1.82) is 0 Å². The lowest BCUT2D eigenvalue weighted by molar-refractivity contribution is -0.0440. The van der Waals surface area contributed by atoms with Gasteiger partial charge in [-0.25, -0.2) is 8.42 Å². The van der Waals surface area contributed by atoms with Gasteiger partial charge in [-0.2, -0.15) is 9.30 Å². The Morgan fingerprint density at radius 2 is 1.88 bits per heavy atom. The van der Waals surface area contributed by atoms with E-state index in [9.17, 15) is 13.2 Å². The van der Waals surface area contributed by atoms with E-state index in [4.69, 9.17) is 11.2 Å². The lowest BCUT2D eigenvalue weighted by Crippen LogP contribution is -2.48. The molecule has 1 saturated heterocycles. The van der Waals surface area contributed by atoms with E-state index in [0.29, 0.717) is 23.5 Å². The second-order valence-electron chi connectivity index (χ2n) is 7.81. The lowest BCUT2D eigenvalue weighted by Gasteiger charge is -2.34. The summed E-state index contributed by atoms with van der Waals surface area (Å²) in [5.74, 6) is 2.13. The van der Waals surface area contributed by atoms with E-state index in [1.54, 1.807) is 0 Å². The number of fused-ring (bicyclic) bond motifs is 1. The van der Waals surface area contributed by atoms with Gasteiger partial charge < -0.3 is 9.30 Å². The summed E-state index contributed by atoms with van der Waals surface area (Å²) in [6.45, 7) is 4.56. The molecule has 2 unspecified atom stereocenters. The van der Waals surface area contributed by atoms with Crippen LogP contribution in [-0.2, 0) is 21.3 Å². The van der Waals surface area contributed by atoms with Crippen molar-refractivity contribution in [3.05, 3.63) is 57.3 Å². The van der Waals surface area contributed by atoms with Crippen LogP contribution in [0.1, 0.15) is 24.2 Å². The third-order valence-corrected chi connectivity index (χ3v) is 8.60. The van der Waals surface area contributed by atoms with Crippen LogP contribution in [0.2, 0.25) is 0 Å². The van der Waals surface area contributed by atoms with Gasteiger partial charge in [-0.15, -0.1) is 6.42 Å². The zero-order valence-corrected chi connectivity index (χ0v) is 21.3. The molecule has 2 aromatic carbocycles. The molecule has 0 saturated carbocycles. The molecule has 1 aromatic heterocycles. The van der Waals surface area contributed by atoms with Crippen molar-refractivity contribution >= 4 is 53.4 Å². The molecule has 4 rings (SSSR count). The van der Waals surface area contributed by atoms with Gasteiger partial charge in [0.2, 0.25) is 10.0 Å². The van der Waals surface area contributed by atoms with Gasteiger partial charge in [0.05, 0.1) is 33.9 Å². The smallest absolute Gasteiger partial charge is 0.279 e. The molecule has 0 bridgehead atoms. The SMILES string of the molecule is C#CCn1c(=NC(=O)c2ccc(S(=O)(=O)N3CC(C)OC(C)C3)cc2)sc2cc(Br)ccc21. The van der Waals surface area contributed by atoms with Gasteiger partial charge in [0.25, 0.3) is 5.91 Å². The molecule has 33 heavy (non-hydrogen) atoms. The highest BCUT2D eigenvalue weighted by Gasteiger charge is 2.32. The first-order valence-electron chi connectivity index (χ1n) is 10.3. The second kappa shape index (κ2) is 9.52.